The van der Waals surface area contributed by atoms with Gasteiger partial charge in [0, 0.05) is 0 Å². The van der Waals surface area contributed by atoms with Crippen LogP contribution in [0.1, 0.15) is 18.1 Å². The zero-order valence-corrected chi connectivity index (χ0v) is 9.43. The van der Waals surface area contributed by atoms with Crippen LogP contribution in [0, 0.1) is 6.92 Å². The Hall–Kier alpha value is -1.03. The summed E-state index contributed by atoms with van der Waals surface area (Å²) in [5.74, 6) is 0. The van der Waals surface area contributed by atoms with Gasteiger partial charge in [-0.1, -0.05) is 36.8 Å². The van der Waals surface area contributed by atoms with Crippen LogP contribution >= 0.6 is 0 Å². The second-order valence-corrected chi connectivity index (χ2v) is 3.85. The third kappa shape index (κ3) is 3.85. The van der Waals surface area contributed by atoms with Crippen molar-refractivity contribution < 1.29 is 13.2 Å². The zero-order chi connectivity index (χ0) is 12.2. The Morgan fingerprint density at radius 3 is 2.50 bits per heavy atom. The minimum Gasteiger partial charge on any atom is -0.306 e. The van der Waals surface area contributed by atoms with Crippen molar-refractivity contribution in [1.82, 2.24) is 5.32 Å². The lowest BCUT2D eigenvalue weighted by atomic mass is 10.0. The zero-order valence-electron chi connectivity index (χ0n) is 9.43. The van der Waals surface area contributed by atoms with E-state index in [-0.39, 0.29) is 6.42 Å². The van der Waals surface area contributed by atoms with Gasteiger partial charge in [0.1, 0.15) is 6.04 Å². The molecule has 0 saturated heterocycles. The summed E-state index contributed by atoms with van der Waals surface area (Å²) in [6.45, 7) is 3.87. The van der Waals surface area contributed by atoms with Gasteiger partial charge >= 0.3 is 6.18 Å². The molecule has 0 fully saturated rings. The first-order valence-electron chi connectivity index (χ1n) is 5.29. The van der Waals surface area contributed by atoms with Crippen LogP contribution in [0.15, 0.2) is 24.3 Å². The molecule has 0 saturated carbocycles. The van der Waals surface area contributed by atoms with Crippen molar-refractivity contribution in [1.29, 1.82) is 0 Å². The van der Waals surface area contributed by atoms with E-state index in [1.165, 1.54) is 0 Å². The number of halogens is 3. The van der Waals surface area contributed by atoms with Crippen LogP contribution in [0.3, 0.4) is 0 Å². The summed E-state index contributed by atoms with van der Waals surface area (Å²) in [5, 5.41) is 2.47. The lowest BCUT2D eigenvalue weighted by Crippen LogP contribution is -2.43. The highest BCUT2D eigenvalue weighted by Gasteiger charge is 2.38. The van der Waals surface area contributed by atoms with Crippen molar-refractivity contribution in [2.45, 2.75) is 32.5 Å². The molecule has 0 amide bonds. The van der Waals surface area contributed by atoms with Crippen LogP contribution in [-0.2, 0) is 6.42 Å². The van der Waals surface area contributed by atoms with Crippen molar-refractivity contribution in [2.24, 2.45) is 0 Å². The van der Waals surface area contributed by atoms with E-state index in [0.29, 0.717) is 12.1 Å². The Kier molecular flexibility index (Phi) is 4.35. The van der Waals surface area contributed by atoms with E-state index in [1.54, 1.807) is 25.1 Å². The van der Waals surface area contributed by atoms with Crippen LogP contribution in [0.4, 0.5) is 13.2 Å². The predicted molar refractivity (Wildman–Crippen MR) is 58.4 cm³/mol. The Morgan fingerprint density at radius 1 is 1.31 bits per heavy atom. The van der Waals surface area contributed by atoms with E-state index in [2.05, 4.69) is 5.32 Å². The summed E-state index contributed by atoms with van der Waals surface area (Å²) >= 11 is 0. The minimum atomic E-state index is -4.19. The largest absolute Gasteiger partial charge is 0.404 e. The molecule has 0 bridgehead atoms. The minimum absolute atomic E-state index is 0.0149. The second kappa shape index (κ2) is 5.34. The fraction of sp³-hybridized carbons (Fsp3) is 0.500. The first-order valence-corrected chi connectivity index (χ1v) is 5.29. The second-order valence-electron chi connectivity index (χ2n) is 3.85. The van der Waals surface area contributed by atoms with E-state index in [1.807, 2.05) is 13.0 Å². The predicted octanol–water partition coefficient (Wildman–Crippen LogP) is 3.08. The van der Waals surface area contributed by atoms with Gasteiger partial charge < -0.3 is 5.32 Å². The first-order chi connectivity index (χ1) is 7.43. The third-order valence-corrected chi connectivity index (χ3v) is 2.37. The maximum atomic E-state index is 12.6. The van der Waals surface area contributed by atoms with Gasteiger partial charge in [0.05, 0.1) is 0 Å². The van der Waals surface area contributed by atoms with E-state index in [9.17, 15) is 13.2 Å². The number of nitrogens with one attached hydrogen (secondary N) is 1. The highest BCUT2D eigenvalue weighted by Crippen LogP contribution is 2.23. The SMILES string of the molecule is CCNC(Cc1cccc(C)c1)C(F)(F)F. The van der Waals surface area contributed by atoms with Crippen molar-refractivity contribution in [3.05, 3.63) is 35.4 Å². The van der Waals surface area contributed by atoms with Gasteiger partial charge in [-0.05, 0) is 25.5 Å². The van der Waals surface area contributed by atoms with E-state index in [0.717, 1.165) is 5.56 Å². The molecule has 1 unspecified atom stereocenters. The number of hydrogen-bond acceptors (Lipinski definition) is 1. The number of aryl methyl sites for hydroxylation is 1. The summed E-state index contributed by atoms with van der Waals surface area (Å²) in [6.07, 6.45) is -4.21. The van der Waals surface area contributed by atoms with E-state index < -0.39 is 12.2 Å². The van der Waals surface area contributed by atoms with Gasteiger partial charge in [-0.3, -0.25) is 0 Å². The molecule has 0 spiro atoms. The highest BCUT2D eigenvalue weighted by molar-refractivity contribution is 5.23. The Balaban J connectivity index is 2.76. The van der Waals surface area contributed by atoms with Gasteiger partial charge in [-0.15, -0.1) is 0 Å². The first kappa shape index (κ1) is 13.0. The quantitative estimate of drug-likeness (QED) is 0.839. The van der Waals surface area contributed by atoms with Gasteiger partial charge in [0.2, 0.25) is 0 Å². The average molecular weight is 231 g/mol. The molecule has 1 atom stereocenters. The smallest absolute Gasteiger partial charge is 0.306 e. The highest BCUT2D eigenvalue weighted by atomic mass is 19.4. The number of alkyl halides is 3. The van der Waals surface area contributed by atoms with Crippen molar-refractivity contribution >= 4 is 0 Å². The summed E-state index contributed by atoms with van der Waals surface area (Å²) in [7, 11) is 0. The molecule has 1 aromatic carbocycles. The molecule has 16 heavy (non-hydrogen) atoms. The number of benzene rings is 1. The standard InChI is InChI=1S/C12H16F3N/c1-3-16-11(12(13,14)15)8-10-6-4-5-9(2)7-10/h4-7,11,16H,3,8H2,1-2H3. The fourth-order valence-electron chi connectivity index (χ4n) is 1.62. The number of hydrogen-bond donors (Lipinski definition) is 1. The molecule has 4 heteroatoms. The van der Waals surface area contributed by atoms with Crippen molar-refractivity contribution in [3.63, 3.8) is 0 Å². The normalized spacial score (nSPS) is 13.8. The summed E-state index contributed by atoms with van der Waals surface area (Å²) in [5.41, 5.74) is 1.69. The summed E-state index contributed by atoms with van der Waals surface area (Å²) in [4.78, 5) is 0. The molecule has 0 heterocycles. The van der Waals surface area contributed by atoms with E-state index >= 15 is 0 Å². The number of likely N-dealkylation sites (N-methyl/N-ethyl adjacent to an activating group) is 1. The average Bonchev–Trinajstić information content (AvgIpc) is 2.16. The topological polar surface area (TPSA) is 12.0 Å². The number of rotatable bonds is 4. The molecule has 0 radical (unpaired) electrons. The third-order valence-electron chi connectivity index (χ3n) is 2.37. The van der Waals surface area contributed by atoms with Gasteiger partial charge in [-0.25, -0.2) is 0 Å². The Bertz CT molecular complexity index is 333. The Morgan fingerprint density at radius 2 is 2.00 bits per heavy atom. The van der Waals surface area contributed by atoms with Crippen molar-refractivity contribution in [2.75, 3.05) is 6.54 Å². The van der Waals surface area contributed by atoms with Crippen LogP contribution in [-0.4, -0.2) is 18.8 Å². The molecule has 1 N–H and O–H groups in total. The van der Waals surface area contributed by atoms with Gasteiger partial charge in [-0.2, -0.15) is 13.2 Å². The molecule has 1 aromatic rings. The summed E-state index contributed by atoms with van der Waals surface area (Å²) < 4.78 is 37.9. The molecule has 0 aliphatic rings. The van der Waals surface area contributed by atoms with Crippen LogP contribution in [0.2, 0.25) is 0 Å². The monoisotopic (exact) mass is 231 g/mol. The lowest BCUT2D eigenvalue weighted by Gasteiger charge is -2.21. The molecule has 1 rings (SSSR count). The molecule has 90 valence electrons. The fourth-order valence-corrected chi connectivity index (χ4v) is 1.62. The molecule has 1 nitrogen and oxygen atoms in total. The van der Waals surface area contributed by atoms with Crippen LogP contribution in [0.25, 0.3) is 0 Å². The molecular weight excluding hydrogens is 215 g/mol. The van der Waals surface area contributed by atoms with Gasteiger partial charge in [0.15, 0.2) is 0 Å². The Labute approximate surface area is 93.7 Å². The molecule has 0 aliphatic carbocycles. The molecule has 0 aliphatic heterocycles. The van der Waals surface area contributed by atoms with Crippen LogP contribution < -0.4 is 5.32 Å². The van der Waals surface area contributed by atoms with E-state index in [4.69, 9.17) is 0 Å². The van der Waals surface area contributed by atoms with Crippen molar-refractivity contribution in [3.8, 4) is 0 Å². The maximum absolute atomic E-state index is 12.6. The maximum Gasteiger partial charge on any atom is 0.404 e. The van der Waals surface area contributed by atoms with Crippen LogP contribution in [0.5, 0.6) is 0 Å². The molecule has 0 aromatic heterocycles. The molecular formula is C12H16F3N. The lowest BCUT2D eigenvalue weighted by molar-refractivity contribution is -0.155. The van der Waals surface area contributed by atoms with Gasteiger partial charge in [0.25, 0.3) is 0 Å². The summed E-state index contributed by atoms with van der Waals surface area (Å²) in [6, 6.07) is 5.71.